The van der Waals surface area contributed by atoms with Crippen LogP contribution in [0.25, 0.3) is 5.57 Å². The molecule has 1 amide bonds. The number of halogens is 2. The fourth-order valence-corrected chi connectivity index (χ4v) is 3.82. The number of hydrogen-bond acceptors (Lipinski definition) is 2. The second kappa shape index (κ2) is 8.10. The zero-order valence-corrected chi connectivity index (χ0v) is 16.3. The van der Waals surface area contributed by atoms with Gasteiger partial charge in [-0.25, -0.2) is 4.39 Å². The van der Waals surface area contributed by atoms with Gasteiger partial charge in [0, 0.05) is 17.1 Å². The van der Waals surface area contributed by atoms with Crippen molar-refractivity contribution in [1.82, 2.24) is 4.90 Å². The Morgan fingerprint density at radius 1 is 0.931 bits per heavy atom. The zero-order chi connectivity index (χ0) is 20.4. The topological polar surface area (TPSA) is 40.5 Å². The van der Waals surface area contributed by atoms with Crippen LogP contribution in [0, 0.1) is 5.82 Å². The molecule has 0 saturated carbocycles. The first kappa shape index (κ1) is 19.2. The normalized spacial score (nSPS) is 16.6. The second-order valence-electron chi connectivity index (χ2n) is 6.96. The third-order valence-corrected chi connectivity index (χ3v) is 5.38. The van der Waals surface area contributed by atoms with Crippen molar-refractivity contribution >= 4 is 23.1 Å². The van der Waals surface area contributed by atoms with E-state index in [9.17, 15) is 14.3 Å². The quantitative estimate of drug-likeness (QED) is 0.600. The van der Waals surface area contributed by atoms with Gasteiger partial charge >= 0.3 is 0 Å². The lowest BCUT2D eigenvalue weighted by molar-refractivity contribution is -0.129. The first-order chi connectivity index (χ1) is 14.0. The number of amides is 1. The Morgan fingerprint density at radius 2 is 1.59 bits per heavy atom. The van der Waals surface area contributed by atoms with E-state index in [0.29, 0.717) is 29.1 Å². The first-order valence-corrected chi connectivity index (χ1v) is 9.72. The van der Waals surface area contributed by atoms with Gasteiger partial charge in [0.1, 0.15) is 5.82 Å². The van der Waals surface area contributed by atoms with Crippen LogP contribution < -0.4 is 0 Å². The Bertz CT molecular complexity index is 1050. The van der Waals surface area contributed by atoms with Crippen LogP contribution in [0.4, 0.5) is 4.39 Å². The van der Waals surface area contributed by atoms with Crippen LogP contribution in [0.15, 0.2) is 84.6 Å². The lowest BCUT2D eigenvalue weighted by atomic mass is 9.93. The molecular formula is C24H19ClFNO2. The van der Waals surface area contributed by atoms with Gasteiger partial charge in [-0.05, 0) is 47.4 Å². The Labute approximate surface area is 173 Å². The van der Waals surface area contributed by atoms with Gasteiger partial charge in [-0.15, -0.1) is 0 Å². The Morgan fingerprint density at radius 3 is 2.24 bits per heavy atom. The zero-order valence-electron chi connectivity index (χ0n) is 15.6. The molecule has 0 spiro atoms. The molecule has 0 aromatic heterocycles. The number of nitrogens with zero attached hydrogens (tertiary/aromatic N) is 1. The van der Waals surface area contributed by atoms with Crippen molar-refractivity contribution in [3.8, 4) is 0 Å². The van der Waals surface area contributed by atoms with Crippen LogP contribution >= 0.6 is 11.6 Å². The molecule has 1 heterocycles. The van der Waals surface area contributed by atoms with Crippen LogP contribution in [0.2, 0.25) is 5.02 Å². The highest BCUT2D eigenvalue weighted by atomic mass is 35.5. The molecule has 1 atom stereocenters. The summed E-state index contributed by atoms with van der Waals surface area (Å²) >= 11 is 6.00. The molecule has 4 rings (SSSR count). The monoisotopic (exact) mass is 407 g/mol. The molecule has 0 radical (unpaired) electrons. The van der Waals surface area contributed by atoms with Crippen LogP contribution in [0.3, 0.4) is 0 Å². The highest BCUT2D eigenvalue weighted by molar-refractivity contribution is 6.30. The lowest BCUT2D eigenvalue weighted by Crippen LogP contribution is -2.32. The second-order valence-corrected chi connectivity index (χ2v) is 7.39. The van der Waals surface area contributed by atoms with Crippen molar-refractivity contribution in [2.24, 2.45) is 0 Å². The highest BCUT2D eigenvalue weighted by Gasteiger charge is 2.40. The largest absolute Gasteiger partial charge is 0.503 e. The van der Waals surface area contributed by atoms with E-state index in [1.165, 1.54) is 12.1 Å². The van der Waals surface area contributed by atoms with Crippen molar-refractivity contribution in [3.05, 3.63) is 112 Å². The van der Waals surface area contributed by atoms with Crippen molar-refractivity contribution < 1.29 is 14.3 Å². The Kier molecular flexibility index (Phi) is 5.36. The molecule has 0 bridgehead atoms. The number of carbonyl (C=O) groups is 1. The summed E-state index contributed by atoms with van der Waals surface area (Å²) in [4.78, 5) is 14.6. The minimum atomic E-state index is -0.506. The predicted octanol–water partition coefficient (Wildman–Crippen LogP) is 5.57. The van der Waals surface area contributed by atoms with Gasteiger partial charge in [-0.2, -0.15) is 0 Å². The van der Waals surface area contributed by atoms with E-state index >= 15 is 0 Å². The smallest absolute Gasteiger partial charge is 0.289 e. The lowest BCUT2D eigenvalue weighted by Gasteiger charge is -2.27. The molecule has 0 fully saturated rings. The summed E-state index contributed by atoms with van der Waals surface area (Å²) in [6.45, 7) is 0.423. The average molecular weight is 408 g/mol. The van der Waals surface area contributed by atoms with E-state index in [0.717, 1.165) is 11.1 Å². The minimum absolute atomic E-state index is 0.283. The maximum atomic E-state index is 13.5. The summed E-state index contributed by atoms with van der Waals surface area (Å²) in [7, 11) is 0. The van der Waals surface area contributed by atoms with Gasteiger partial charge in [0.15, 0.2) is 5.76 Å². The SMILES string of the molecule is O=C1C(O)=C(c2ccc(Cl)cc2)[C@H](c2ccc(F)cc2)N1CCc1ccccc1. The number of carbonyl (C=O) groups excluding carboxylic acids is 1. The third-order valence-electron chi connectivity index (χ3n) is 5.13. The molecule has 1 aliphatic heterocycles. The summed E-state index contributed by atoms with van der Waals surface area (Å²) < 4.78 is 13.5. The molecule has 0 unspecified atom stereocenters. The van der Waals surface area contributed by atoms with Gasteiger partial charge in [0.2, 0.25) is 0 Å². The van der Waals surface area contributed by atoms with E-state index in [-0.39, 0.29) is 11.6 Å². The Balaban J connectivity index is 1.73. The molecule has 0 saturated heterocycles. The summed E-state index contributed by atoms with van der Waals surface area (Å²) in [5.41, 5.74) is 3.04. The molecule has 3 nitrogen and oxygen atoms in total. The van der Waals surface area contributed by atoms with E-state index in [1.807, 2.05) is 30.3 Å². The minimum Gasteiger partial charge on any atom is -0.503 e. The molecule has 0 aliphatic carbocycles. The van der Waals surface area contributed by atoms with E-state index in [4.69, 9.17) is 11.6 Å². The maximum absolute atomic E-state index is 13.5. The fraction of sp³-hybridized carbons (Fsp3) is 0.125. The first-order valence-electron chi connectivity index (χ1n) is 9.34. The van der Waals surface area contributed by atoms with E-state index < -0.39 is 11.9 Å². The summed E-state index contributed by atoms with van der Waals surface area (Å²) in [5, 5.41) is 11.3. The number of benzene rings is 3. The molecular weight excluding hydrogens is 389 g/mol. The van der Waals surface area contributed by atoms with Crippen LogP contribution in [0.1, 0.15) is 22.7 Å². The number of aliphatic hydroxyl groups is 1. The van der Waals surface area contributed by atoms with Crippen LogP contribution in [-0.2, 0) is 11.2 Å². The van der Waals surface area contributed by atoms with Crippen molar-refractivity contribution in [3.63, 3.8) is 0 Å². The third kappa shape index (κ3) is 3.89. The molecule has 1 aliphatic rings. The summed E-state index contributed by atoms with van der Waals surface area (Å²) in [6, 6.07) is 22.4. The van der Waals surface area contributed by atoms with Crippen molar-refractivity contribution in [2.75, 3.05) is 6.54 Å². The van der Waals surface area contributed by atoms with E-state index in [1.54, 1.807) is 41.3 Å². The molecule has 3 aromatic rings. The van der Waals surface area contributed by atoms with E-state index in [2.05, 4.69) is 0 Å². The Hall–Kier alpha value is -3.11. The van der Waals surface area contributed by atoms with Crippen LogP contribution in [-0.4, -0.2) is 22.5 Å². The fourth-order valence-electron chi connectivity index (χ4n) is 3.69. The van der Waals surface area contributed by atoms with Gasteiger partial charge in [0.05, 0.1) is 6.04 Å². The summed E-state index contributed by atoms with van der Waals surface area (Å²) in [5.74, 6) is -1.06. The maximum Gasteiger partial charge on any atom is 0.289 e. The number of aliphatic hydroxyl groups excluding tert-OH is 1. The van der Waals surface area contributed by atoms with Gasteiger partial charge in [0.25, 0.3) is 5.91 Å². The molecule has 1 N–H and O–H groups in total. The average Bonchev–Trinajstić information content (AvgIpc) is 2.99. The standard InChI is InChI=1S/C24H19ClFNO2/c25-19-10-6-17(7-11-19)21-22(18-8-12-20(26)13-9-18)27(24(29)23(21)28)15-14-16-4-2-1-3-5-16/h1-13,22,28H,14-15H2/t22-/m0/s1. The molecule has 3 aromatic carbocycles. The predicted molar refractivity (Wildman–Crippen MR) is 112 cm³/mol. The van der Waals surface area contributed by atoms with Gasteiger partial charge in [-0.1, -0.05) is 66.2 Å². The molecule has 5 heteroatoms. The summed E-state index contributed by atoms with van der Waals surface area (Å²) in [6.07, 6.45) is 0.644. The number of rotatable bonds is 5. The van der Waals surface area contributed by atoms with Crippen molar-refractivity contribution in [1.29, 1.82) is 0 Å². The molecule has 146 valence electrons. The van der Waals surface area contributed by atoms with Gasteiger partial charge in [-0.3, -0.25) is 4.79 Å². The highest BCUT2D eigenvalue weighted by Crippen LogP contribution is 2.43. The molecule has 29 heavy (non-hydrogen) atoms. The van der Waals surface area contributed by atoms with Crippen LogP contribution in [0.5, 0.6) is 0 Å². The number of hydrogen-bond donors (Lipinski definition) is 1. The van der Waals surface area contributed by atoms with Gasteiger partial charge < -0.3 is 10.0 Å². The van der Waals surface area contributed by atoms with Crippen molar-refractivity contribution in [2.45, 2.75) is 12.5 Å².